The number of carbonyl (C=O) groups excluding carboxylic acids is 2. The van der Waals surface area contributed by atoms with Crippen molar-refractivity contribution in [3.05, 3.63) is 71.8 Å². The van der Waals surface area contributed by atoms with Crippen LogP contribution in [0.2, 0.25) is 0 Å². The van der Waals surface area contributed by atoms with E-state index in [0.29, 0.717) is 18.0 Å². The molecule has 0 radical (unpaired) electrons. The van der Waals surface area contributed by atoms with E-state index < -0.39 is 0 Å². The lowest BCUT2D eigenvalue weighted by molar-refractivity contribution is -0.144. The van der Waals surface area contributed by atoms with Crippen molar-refractivity contribution in [2.75, 3.05) is 13.1 Å². The third kappa shape index (κ3) is 6.37. The van der Waals surface area contributed by atoms with Crippen LogP contribution in [-0.2, 0) is 29.9 Å². The third-order valence-corrected chi connectivity index (χ3v) is 8.87. The highest BCUT2D eigenvalue weighted by Gasteiger charge is 2.43. The molecule has 0 amide bonds. The van der Waals surface area contributed by atoms with E-state index in [-0.39, 0.29) is 35.0 Å². The first-order chi connectivity index (χ1) is 18.2. The zero-order valence-electron chi connectivity index (χ0n) is 22.6. The second-order valence-electron chi connectivity index (χ2n) is 11.1. The fourth-order valence-corrected chi connectivity index (χ4v) is 6.36. The molecule has 2 N–H and O–H groups in total. The van der Waals surface area contributed by atoms with Gasteiger partial charge in [-0.15, -0.1) is 0 Å². The summed E-state index contributed by atoms with van der Waals surface area (Å²) in [4.78, 5) is 25.9. The molecular weight excluding hydrogens is 496 g/mol. The number of nitrogens with zero attached hydrogens (tertiary/aromatic N) is 1. The number of hydrogen-bond donors (Lipinski definition) is 1. The molecule has 4 rings (SSSR count). The molecule has 7 heteroatoms. The van der Waals surface area contributed by atoms with Crippen LogP contribution in [0.4, 0.5) is 0 Å². The summed E-state index contributed by atoms with van der Waals surface area (Å²) in [5.74, 6) is -0.229. The Morgan fingerprint density at radius 1 is 0.816 bits per heavy atom. The van der Waals surface area contributed by atoms with Crippen molar-refractivity contribution in [3.8, 4) is 0 Å². The van der Waals surface area contributed by atoms with Crippen molar-refractivity contribution in [1.82, 2.24) is 4.90 Å². The molecular formula is C31H40N2O4S. The molecule has 6 nitrogen and oxygen atoms in total. The summed E-state index contributed by atoms with van der Waals surface area (Å²) in [7, 11) is 0. The van der Waals surface area contributed by atoms with E-state index in [1.165, 1.54) is 11.1 Å². The van der Waals surface area contributed by atoms with Crippen molar-refractivity contribution >= 4 is 29.3 Å². The van der Waals surface area contributed by atoms with E-state index in [0.717, 1.165) is 51.6 Å². The average Bonchev–Trinajstić information content (AvgIpc) is 3.57. The maximum absolute atomic E-state index is 11.9. The second-order valence-corrected chi connectivity index (χ2v) is 11.6. The third-order valence-electron chi connectivity index (χ3n) is 8.62. The Morgan fingerprint density at radius 2 is 1.21 bits per heavy atom. The predicted molar refractivity (Wildman–Crippen MR) is 153 cm³/mol. The van der Waals surface area contributed by atoms with Crippen molar-refractivity contribution in [1.29, 1.82) is 0 Å². The van der Waals surface area contributed by atoms with Crippen LogP contribution in [0.15, 0.2) is 60.7 Å². The average molecular weight is 537 g/mol. The van der Waals surface area contributed by atoms with Gasteiger partial charge in [-0.05, 0) is 61.9 Å². The Morgan fingerprint density at radius 3 is 1.53 bits per heavy atom. The maximum Gasteiger partial charge on any atom is 0.306 e. The number of nitrogens with two attached hydrogens (primary N) is 1. The molecule has 0 aromatic heterocycles. The molecule has 0 spiro atoms. The fourth-order valence-electron chi connectivity index (χ4n) is 6.17. The quantitative estimate of drug-likeness (QED) is 0.287. The number of benzene rings is 2. The molecule has 2 aromatic carbocycles. The Balaban J connectivity index is 1.39. The highest BCUT2D eigenvalue weighted by atomic mass is 32.1. The van der Waals surface area contributed by atoms with Crippen LogP contribution in [0.3, 0.4) is 0 Å². The molecule has 2 aliphatic heterocycles. The number of thiocarbonyl (C=S) groups is 1. The van der Waals surface area contributed by atoms with E-state index in [4.69, 9.17) is 27.4 Å². The Bertz CT molecular complexity index is 1030. The van der Waals surface area contributed by atoms with E-state index in [9.17, 15) is 9.59 Å². The number of hydrogen-bond acceptors (Lipinski definition) is 5. The van der Waals surface area contributed by atoms with Gasteiger partial charge in [0.25, 0.3) is 0 Å². The summed E-state index contributed by atoms with van der Waals surface area (Å²) in [5.41, 5.74) is 7.99. The van der Waals surface area contributed by atoms with Crippen LogP contribution in [-0.4, -0.2) is 47.2 Å². The van der Waals surface area contributed by atoms with Gasteiger partial charge in [-0.2, -0.15) is 0 Å². The molecule has 204 valence electrons. The normalized spacial score (nSPS) is 22.3. The topological polar surface area (TPSA) is 81.9 Å². The first-order valence-corrected chi connectivity index (χ1v) is 14.2. The number of esters is 2. The minimum Gasteiger partial charge on any atom is -0.461 e. The van der Waals surface area contributed by atoms with E-state index in [2.05, 4.69) is 43.0 Å². The van der Waals surface area contributed by atoms with Gasteiger partial charge in [0, 0.05) is 36.8 Å². The van der Waals surface area contributed by atoms with Gasteiger partial charge in [0.15, 0.2) is 5.11 Å². The number of cyclic esters (lactones) is 2. The van der Waals surface area contributed by atoms with Crippen LogP contribution >= 0.6 is 12.2 Å². The second kappa shape index (κ2) is 12.3. The van der Waals surface area contributed by atoms with E-state index in [1.54, 1.807) is 0 Å². The molecule has 0 saturated carbocycles. The van der Waals surface area contributed by atoms with Gasteiger partial charge in [-0.25, -0.2) is 0 Å². The van der Waals surface area contributed by atoms with Crippen molar-refractivity contribution < 1.29 is 19.1 Å². The highest BCUT2D eigenvalue weighted by molar-refractivity contribution is 7.80. The molecule has 2 aliphatic rings. The van der Waals surface area contributed by atoms with Gasteiger partial charge >= 0.3 is 11.9 Å². The lowest BCUT2D eigenvalue weighted by Gasteiger charge is -2.37. The van der Waals surface area contributed by atoms with Crippen molar-refractivity contribution in [2.45, 2.75) is 88.3 Å². The summed E-state index contributed by atoms with van der Waals surface area (Å²) in [6.07, 6.45) is 5.63. The number of carbonyl (C=O) groups is 2. The smallest absolute Gasteiger partial charge is 0.306 e. The predicted octanol–water partition coefficient (Wildman–Crippen LogP) is 5.42. The molecule has 2 saturated heterocycles. The number of rotatable bonds is 12. The van der Waals surface area contributed by atoms with Gasteiger partial charge in [-0.3, -0.25) is 9.59 Å². The first-order valence-electron chi connectivity index (χ1n) is 13.8. The van der Waals surface area contributed by atoms with Crippen LogP contribution in [0.25, 0.3) is 0 Å². The molecule has 2 heterocycles. The monoisotopic (exact) mass is 536 g/mol. The van der Waals surface area contributed by atoms with Gasteiger partial charge < -0.3 is 20.1 Å². The van der Waals surface area contributed by atoms with Crippen molar-refractivity contribution in [2.24, 2.45) is 5.73 Å². The summed E-state index contributed by atoms with van der Waals surface area (Å²) < 4.78 is 11.5. The summed E-state index contributed by atoms with van der Waals surface area (Å²) in [6, 6.07) is 20.7. The van der Waals surface area contributed by atoms with Gasteiger partial charge in [0.05, 0.1) is 0 Å². The highest BCUT2D eigenvalue weighted by Crippen LogP contribution is 2.40. The lowest BCUT2D eigenvalue weighted by atomic mass is 9.73. The number of ether oxygens (including phenoxy) is 2. The van der Waals surface area contributed by atoms with E-state index >= 15 is 0 Å². The standard InChI is InChI=1S/C31H40N2O4S/c1-30(23-11-5-3-6-12-23,25-15-17-27(34)36-25)19-9-21-33(29(32)38)22-10-20-31(2,24-13-7-4-8-14-24)26-16-18-28(35)37-26/h3-8,11-14,25-26H,9-10,15-22H2,1-2H3,(H2,32,38). The summed E-state index contributed by atoms with van der Waals surface area (Å²) in [6.45, 7) is 5.87. The van der Waals surface area contributed by atoms with Gasteiger partial charge in [-0.1, -0.05) is 74.5 Å². The SMILES string of the molecule is CC(CCCN(CCCC(C)(c1ccccc1)C1CCC(=O)O1)C(N)=S)(c1ccccc1)C1CCC(=O)O1. The molecule has 4 atom stereocenters. The van der Waals surface area contributed by atoms with Crippen LogP contribution in [0, 0.1) is 0 Å². The Kier molecular flexibility index (Phi) is 9.08. The van der Waals surface area contributed by atoms with Gasteiger partial charge in [0.2, 0.25) is 0 Å². The van der Waals surface area contributed by atoms with E-state index in [1.807, 2.05) is 36.4 Å². The molecule has 2 aromatic rings. The van der Waals surface area contributed by atoms with Crippen LogP contribution in [0.1, 0.15) is 76.3 Å². The largest absolute Gasteiger partial charge is 0.461 e. The Labute approximate surface area is 231 Å². The minimum atomic E-state index is -0.270. The van der Waals surface area contributed by atoms with Crippen LogP contribution in [0.5, 0.6) is 0 Å². The zero-order chi connectivity index (χ0) is 27.2. The molecule has 4 unspecified atom stereocenters. The van der Waals surface area contributed by atoms with Crippen LogP contribution < -0.4 is 5.73 Å². The minimum absolute atomic E-state index is 0.115. The lowest BCUT2D eigenvalue weighted by Crippen LogP contribution is -2.41. The molecule has 0 aliphatic carbocycles. The maximum atomic E-state index is 11.9. The van der Waals surface area contributed by atoms with Gasteiger partial charge in [0.1, 0.15) is 12.2 Å². The summed E-state index contributed by atoms with van der Waals surface area (Å²) >= 11 is 5.43. The molecule has 38 heavy (non-hydrogen) atoms. The van der Waals surface area contributed by atoms with Crippen molar-refractivity contribution in [3.63, 3.8) is 0 Å². The molecule has 0 bridgehead atoms. The molecule has 2 fully saturated rings. The first kappa shape index (κ1) is 28.1. The fraction of sp³-hybridized carbons (Fsp3) is 0.516. The zero-order valence-corrected chi connectivity index (χ0v) is 23.4. The Hall–Kier alpha value is -2.93. The summed E-state index contributed by atoms with van der Waals surface area (Å²) in [5, 5.41) is 0.396.